The summed E-state index contributed by atoms with van der Waals surface area (Å²) < 4.78 is 43.6. The lowest BCUT2D eigenvalue weighted by molar-refractivity contribution is -0.120. The number of alkyl halides is 3. The van der Waals surface area contributed by atoms with E-state index in [2.05, 4.69) is 0 Å². The molecule has 1 aliphatic rings. The average molecular weight is 351 g/mol. The number of rotatable bonds is 3. The van der Waals surface area contributed by atoms with Crippen LogP contribution in [0.5, 0.6) is 0 Å². The Kier molecular flexibility index (Phi) is 4.87. The summed E-state index contributed by atoms with van der Waals surface area (Å²) in [5.74, 6) is -1.47. The molecular weight excluding hydrogens is 340 g/mol. The number of ether oxygens (including phenoxy) is 1. The molecule has 0 amide bonds. The van der Waals surface area contributed by atoms with Crippen LogP contribution in [0.1, 0.15) is 12.5 Å². The number of carbonyl (C=O) groups excluding carboxylic acids is 1. The Labute approximate surface area is 135 Å². The van der Waals surface area contributed by atoms with Crippen LogP contribution in [-0.2, 0) is 16.1 Å². The lowest BCUT2D eigenvalue weighted by Crippen LogP contribution is -2.22. The van der Waals surface area contributed by atoms with Crippen molar-refractivity contribution in [1.29, 1.82) is 0 Å². The van der Waals surface area contributed by atoms with E-state index in [0.29, 0.717) is 16.7 Å². The summed E-state index contributed by atoms with van der Waals surface area (Å²) >= 11 is 11.8. The van der Waals surface area contributed by atoms with Crippen LogP contribution in [0.2, 0.25) is 10.0 Å². The first-order valence-electron chi connectivity index (χ1n) is 6.30. The molecule has 1 aliphatic carbocycles. The first kappa shape index (κ1) is 16.9. The Morgan fingerprint density at radius 2 is 1.91 bits per heavy atom. The second-order valence-corrected chi connectivity index (χ2v) is 5.55. The smallest absolute Gasteiger partial charge is 0.416 e. The molecule has 2 nitrogen and oxygen atoms in total. The lowest BCUT2D eigenvalue weighted by atomic mass is 9.94. The fraction of sp³-hybridized carbons (Fsp3) is 0.267. The van der Waals surface area contributed by atoms with Crippen molar-refractivity contribution in [3.8, 4) is 0 Å². The van der Waals surface area contributed by atoms with Crippen molar-refractivity contribution in [3.63, 3.8) is 0 Å². The highest BCUT2D eigenvalue weighted by Crippen LogP contribution is 2.34. The van der Waals surface area contributed by atoms with Gasteiger partial charge in [0.1, 0.15) is 12.4 Å². The van der Waals surface area contributed by atoms with Gasteiger partial charge in [-0.15, -0.1) is 0 Å². The monoisotopic (exact) mass is 350 g/mol. The van der Waals surface area contributed by atoms with Gasteiger partial charge in [-0.25, -0.2) is 0 Å². The van der Waals surface area contributed by atoms with E-state index < -0.39 is 23.5 Å². The lowest BCUT2D eigenvalue weighted by Gasteiger charge is -2.21. The van der Waals surface area contributed by atoms with E-state index in [9.17, 15) is 18.0 Å². The van der Waals surface area contributed by atoms with Gasteiger partial charge in [-0.1, -0.05) is 35.3 Å². The minimum absolute atomic E-state index is 0.0455. The van der Waals surface area contributed by atoms with Gasteiger partial charge in [-0.3, -0.25) is 4.79 Å². The molecule has 0 N–H and O–H groups in total. The van der Waals surface area contributed by atoms with Crippen molar-refractivity contribution >= 4 is 29.0 Å². The Bertz CT molecular complexity index is 663. The molecule has 2 rings (SSSR count). The third-order valence-corrected chi connectivity index (χ3v) is 4.06. The minimum atomic E-state index is -4.60. The topological polar surface area (TPSA) is 26.3 Å². The summed E-state index contributed by atoms with van der Waals surface area (Å²) in [5.41, 5.74) is -0.499. The van der Waals surface area contributed by atoms with E-state index in [1.807, 2.05) is 0 Å². The Morgan fingerprint density at radius 1 is 1.23 bits per heavy atom. The molecule has 118 valence electrons. The van der Waals surface area contributed by atoms with Gasteiger partial charge in [0.25, 0.3) is 0 Å². The average Bonchev–Trinajstić information content (AvgIpc) is 2.43. The molecule has 0 aliphatic heterocycles. The van der Waals surface area contributed by atoms with Crippen LogP contribution in [0.3, 0.4) is 0 Å². The molecule has 0 spiro atoms. The van der Waals surface area contributed by atoms with Crippen molar-refractivity contribution in [3.05, 3.63) is 57.3 Å². The molecule has 0 radical (unpaired) electrons. The minimum Gasteiger partial charge on any atom is -0.492 e. The second kappa shape index (κ2) is 6.34. The molecule has 7 heteroatoms. The van der Waals surface area contributed by atoms with Gasteiger partial charge in [0.05, 0.1) is 21.5 Å². The summed E-state index contributed by atoms with van der Waals surface area (Å²) in [6.45, 7) is 1.41. The maximum atomic E-state index is 12.7. The zero-order valence-electron chi connectivity index (χ0n) is 11.4. The second-order valence-electron chi connectivity index (χ2n) is 4.77. The van der Waals surface area contributed by atoms with Crippen LogP contribution in [-0.4, -0.2) is 12.0 Å². The standard InChI is InChI=1S/C15H11Cl2F3O2/c1-8-12(21)5-10(15(18,19)20)6-13(8)22-7-9-3-2-4-11(16)14(9)17/h2-6,8H,7H2,1H3. The molecule has 22 heavy (non-hydrogen) atoms. The number of allylic oxidation sites excluding steroid dienone is 4. The maximum absolute atomic E-state index is 12.7. The summed E-state index contributed by atoms with van der Waals surface area (Å²) in [6.07, 6.45) is -3.17. The van der Waals surface area contributed by atoms with Crippen LogP contribution in [0.25, 0.3) is 0 Å². The van der Waals surface area contributed by atoms with Crippen LogP contribution < -0.4 is 0 Å². The van der Waals surface area contributed by atoms with Crippen molar-refractivity contribution in [2.45, 2.75) is 19.7 Å². The fourth-order valence-electron chi connectivity index (χ4n) is 1.89. The quantitative estimate of drug-likeness (QED) is 0.757. The molecule has 1 unspecified atom stereocenters. The first-order chi connectivity index (χ1) is 10.2. The molecule has 1 aromatic carbocycles. The van der Waals surface area contributed by atoms with Crippen LogP contribution in [0.4, 0.5) is 13.2 Å². The van der Waals surface area contributed by atoms with Crippen LogP contribution >= 0.6 is 23.2 Å². The molecule has 0 bridgehead atoms. The maximum Gasteiger partial charge on any atom is 0.416 e. The normalized spacial score (nSPS) is 18.8. The number of benzene rings is 1. The highest BCUT2D eigenvalue weighted by molar-refractivity contribution is 6.42. The van der Waals surface area contributed by atoms with Gasteiger partial charge in [0.15, 0.2) is 5.78 Å². The summed E-state index contributed by atoms with van der Waals surface area (Å²) in [7, 11) is 0. The van der Waals surface area contributed by atoms with Crippen LogP contribution in [0, 0.1) is 5.92 Å². The van der Waals surface area contributed by atoms with E-state index >= 15 is 0 Å². The van der Waals surface area contributed by atoms with E-state index in [4.69, 9.17) is 27.9 Å². The molecular formula is C15H11Cl2F3O2. The highest BCUT2D eigenvalue weighted by Gasteiger charge is 2.37. The number of hydrogen-bond acceptors (Lipinski definition) is 2. The Balaban J connectivity index is 2.21. The molecule has 1 aromatic rings. The van der Waals surface area contributed by atoms with E-state index in [1.54, 1.807) is 18.2 Å². The van der Waals surface area contributed by atoms with Gasteiger partial charge in [-0.2, -0.15) is 13.2 Å². The molecule has 1 atom stereocenters. The van der Waals surface area contributed by atoms with Gasteiger partial charge in [0.2, 0.25) is 0 Å². The van der Waals surface area contributed by atoms with E-state index in [1.165, 1.54) is 6.92 Å². The van der Waals surface area contributed by atoms with Gasteiger partial charge < -0.3 is 4.74 Å². The third kappa shape index (κ3) is 3.65. The largest absolute Gasteiger partial charge is 0.492 e. The number of hydrogen-bond donors (Lipinski definition) is 0. The molecule has 0 saturated carbocycles. The third-order valence-electron chi connectivity index (χ3n) is 3.20. The first-order valence-corrected chi connectivity index (χ1v) is 7.05. The zero-order chi connectivity index (χ0) is 16.5. The Morgan fingerprint density at radius 3 is 2.55 bits per heavy atom. The zero-order valence-corrected chi connectivity index (χ0v) is 12.9. The van der Waals surface area contributed by atoms with E-state index in [-0.39, 0.29) is 17.4 Å². The highest BCUT2D eigenvalue weighted by atomic mass is 35.5. The van der Waals surface area contributed by atoms with Gasteiger partial charge >= 0.3 is 6.18 Å². The van der Waals surface area contributed by atoms with E-state index in [0.717, 1.165) is 6.08 Å². The number of carbonyl (C=O) groups is 1. The van der Waals surface area contributed by atoms with Crippen molar-refractivity contribution in [1.82, 2.24) is 0 Å². The van der Waals surface area contributed by atoms with Gasteiger partial charge in [0, 0.05) is 5.56 Å². The van der Waals surface area contributed by atoms with Crippen molar-refractivity contribution in [2.24, 2.45) is 5.92 Å². The molecule has 0 aromatic heterocycles. The number of halogens is 5. The SMILES string of the molecule is CC1C(=O)C=C(C(F)(F)F)C=C1OCc1cccc(Cl)c1Cl. The van der Waals surface area contributed by atoms with Crippen molar-refractivity contribution < 1.29 is 22.7 Å². The predicted octanol–water partition coefficient (Wildman–Crippen LogP) is 5.10. The summed E-state index contributed by atoms with van der Waals surface area (Å²) in [4.78, 5) is 11.6. The van der Waals surface area contributed by atoms with Gasteiger partial charge in [-0.05, 0) is 25.1 Å². The predicted molar refractivity (Wildman–Crippen MR) is 77.6 cm³/mol. The molecule has 0 heterocycles. The molecule has 0 saturated heterocycles. The fourth-order valence-corrected chi connectivity index (χ4v) is 2.26. The van der Waals surface area contributed by atoms with Crippen molar-refractivity contribution in [2.75, 3.05) is 0 Å². The number of ketones is 1. The molecule has 0 fully saturated rings. The summed E-state index contributed by atoms with van der Waals surface area (Å²) in [6, 6.07) is 4.88. The Hall–Kier alpha value is -1.46. The van der Waals surface area contributed by atoms with Crippen LogP contribution in [0.15, 0.2) is 41.7 Å². The summed E-state index contributed by atoms with van der Waals surface area (Å²) in [5, 5.41) is 0.589.